The lowest BCUT2D eigenvalue weighted by atomic mass is 10.3. The van der Waals surface area contributed by atoms with Gasteiger partial charge in [-0.15, -0.1) is 0 Å². The number of hydrogen-bond acceptors (Lipinski definition) is 4. The summed E-state index contributed by atoms with van der Waals surface area (Å²) in [5.41, 5.74) is 1.38. The number of aromatic nitrogens is 5. The summed E-state index contributed by atoms with van der Waals surface area (Å²) in [4.78, 5) is 12.3. The van der Waals surface area contributed by atoms with Gasteiger partial charge in [0.2, 0.25) is 0 Å². The molecule has 0 radical (unpaired) electrons. The first-order chi connectivity index (χ1) is 8.74. The van der Waals surface area contributed by atoms with Crippen LogP contribution in [0.15, 0.2) is 30.7 Å². The number of rotatable bonds is 2. The Morgan fingerprint density at radius 3 is 2.78 bits per heavy atom. The fourth-order valence-electron chi connectivity index (χ4n) is 1.84. The van der Waals surface area contributed by atoms with Gasteiger partial charge in [0.15, 0.2) is 5.65 Å². The summed E-state index contributed by atoms with van der Waals surface area (Å²) in [7, 11) is 0. The van der Waals surface area contributed by atoms with Gasteiger partial charge in [0.25, 0.3) is 0 Å². The molecule has 0 amide bonds. The molecule has 0 spiro atoms. The molecule has 3 heterocycles. The zero-order valence-electron chi connectivity index (χ0n) is 9.71. The number of nitrogens with zero attached hydrogens (tertiary/aromatic N) is 5. The van der Waals surface area contributed by atoms with Crippen molar-refractivity contribution in [3.63, 3.8) is 0 Å². The highest BCUT2D eigenvalue weighted by atomic mass is 19.1. The van der Waals surface area contributed by atoms with E-state index in [9.17, 15) is 4.39 Å². The fraction of sp³-hybridized carbons (Fsp3) is 0.167. The molecule has 0 saturated heterocycles. The molecule has 18 heavy (non-hydrogen) atoms. The van der Waals surface area contributed by atoms with Gasteiger partial charge in [-0.2, -0.15) is 5.10 Å². The first-order valence-electron chi connectivity index (χ1n) is 5.48. The Morgan fingerprint density at radius 1 is 1.22 bits per heavy atom. The Morgan fingerprint density at radius 2 is 2.00 bits per heavy atom. The van der Waals surface area contributed by atoms with Crippen molar-refractivity contribution in [2.45, 2.75) is 13.5 Å². The van der Waals surface area contributed by atoms with Crippen LogP contribution in [-0.4, -0.2) is 24.7 Å². The van der Waals surface area contributed by atoms with E-state index in [1.54, 1.807) is 23.1 Å². The van der Waals surface area contributed by atoms with Crippen LogP contribution < -0.4 is 0 Å². The number of aryl methyl sites for hydroxylation is 1. The van der Waals surface area contributed by atoms with E-state index >= 15 is 0 Å². The van der Waals surface area contributed by atoms with E-state index in [-0.39, 0.29) is 5.82 Å². The normalized spacial score (nSPS) is 11.0. The van der Waals surface area contributed by atoms with Crippen molar-refractivity contribution in [3.05, 3.63) is 48.1 Å². The van der Waals surface area contributed by atoms with Crippen molar-refractivity contribution in [3.8, 4) is 0 Å². The highest BCUT2D eigenvalue weighted by Crippen LogP contribution is 2.17. The van der Waals surface area contributed by atoms with Gasteiger partial charge < -0.3 is 0 Å². The fourth-order valence-corrected chi connectivity index (χ4v) is 1.84. The second-order valence-corrected chi connectivity index (χ2v) is 3.93. The quantitative estimate of drug-likeness (QED) is 0.687. The van der Waals surface area contributed by atoms with Crippen molar-refractivity contribution in [1.29, 1.82) is 0 Å². The number of halogens is 1. The molecule has 3 aromatic rings. The van der Waals surface area contributed by atoms with Crippen molar-refractivity contribution in [2.24, 2.45) is 0 Å². The number of fused-ring (bicyclic) bond motifs is 1. The third-order valence-corrected chi connectivity index (χ3v) is 2.65. The molecule has 0 aliphatic rings. The lowest BCUT2D eigenvalue weighted by Gasteiger charge is -2.00. The van der Waals surface area contributed by atoms with Gasteiger partial charge in [-0.05, 0) is 19.1 Å². The minimum Gasteiger partial charge on any atom is -0.239 e. The third kappa shape index (κ3) is 1.81. The molecule has 0 aromatic carbocycles. The topological polar surface area (TPSA) is 56.5 Å². The van der Waals surface area contributed by atoms with E-state index in [0.29, 0.717) is 23.4 Å². The summed E-state index contributed by atoms with van der Waals surface area (Å²) in [6, 6.07) is 3.19. The molecule has 0 saturated carbocycles. The van der Waals surface area contributed by atoms with Crippen LogP contribution in [0.1, 0.15) is 11.5 Å². The summed E-state index contributed by atoms with van der Waals surface area (Å²) >= 11 is 0. The van der Waals surface area contributed by atoms with Gasteiger partial charge >= 0.3 is 0 Å². The molecule has 5 nitrogen and oxygen atoms in total. The second-order valence-electron chi connectivity index (χ2n) is 3.93. The molecule has 0 atom stereocenters. The molecule has 0 fully saturated rings. The average Bonchev–Trinajstić information content (AvgIpc) is 2.67. The van der Waals surface area contributed by atoms with Crippen LogP contribution in [0.3, 0.4) is 0 Å². The first-order valence-corrected chi connectivity index (χ1v) is 5.48. The van der Waals surface area contributed by atoms with Crippen molar-refractivity contribution >= 4 is 11.0 Å². The van der Waals surface area contributed by atoms with E-state index in [1.807, 2.05) is 6.92 Å². The zero-order valence-corrected chi connectivity index (χ0v) is 9.71. The predicted molar refractivity (Wildman–Crippen MR) is 63.4 cm³/mol. The van der Waals surface area contributed by atoms with E-state index < -0.39 is 0 Å². The standard InChI is InChI=1S/C12H10FN5/c1-8-10-5-9(13)6-16-12(10)18(17-8)7-11-14-3-2-4-15-11/h2-6H,7H2,1H3. The van der Waals surface area contributed by atoms with Gasteiger partial charge in [0, 0.05) is 17.8 Å². The van der Waals surface area contributed by atoms with E-state index in [2.05, 4.69) is 20.1 Å². The van der Waals surface area contributed by atoms with Gasteiger partial charge in [0.1, 0.15) is 18.2 Å². The predicted octanol–water partition coefficient (Wildman–Crippen LogP) is 1.72. The molecule has 0 unspecified atom stereocenters. The van der Waals surface area contributed by atoms with Crippen molar-refractivity contribution in [1.82, 2.24) is 24.7 Å². The third-order valence-electron chi connectivity index (χ3n) is 2.65. The molecule has 0 N–H and O–H groups in total. The lowest BCUT2D eigenvalue weighted by Crippen LogP contribution is -2.06. The van der Waals surface area contributed by atoms with Crippen LogP contribution in [0.2, 0.25) is 0 Å². The Labute approximate surface area is 102 Å². The molecule has 90 valence electrons. The van der Waals surface area contributed by atoms with Crippen molar-refractivity contribution in [2.75, 3.05) is 0 Å². The number of pyridine rings is 1. The second kappa shape index (κ2) is 4.14. The summed E-state index contributed by atoms with van der Waals surface area (Å²) in [5, 5.41) is 5.05. The van der Waals surface area contributed by atoms with Crippen LogP contribution in [0.4, 0.5) is 4.39 Å². The van der Waals surface area contributed by atoms with Gasteiger partial charge in [-0.25, -0.2) is 24.0 Å². The first kappa shape index (κ1) is 10.8. The van der Waals surface area contributed by atoms with E-state index in [4.69, 9.17) is 0 Å². The molecule has 0 bridgehead atoms. The minimum atomic E-state index is -0.360. The Balaban J connectivity index is 2.08. The smallest absolute Gasteiger partial charge is 0.158 e. The Bertz CT molecular complexity index is 692. The molecule has 0 aliphatic heterocycles. The van der Waals surface area contributed by atoms with Gasteiger partial charge in [-0.3, -0.25) is 0 Å². The van der Waals surface area contributed by atoms with E-state index in [1.165, 1.54) is 12.3 Å². The minimum absolute atomic E-state index is 0.360. The zero-order chi connectivity index (χ0) is 12.5. The summed E-state index contributed by atoms with van der Waals surface area (Å²) in [6.07, 6.45) is 4.54. The van der Waals surface area contributed by atoms with Crippen LogP contribution in [0.5, 0.6) is 0 Å². The molecular weight excluding hydrogens is 233 g/mol. The monoisotopic (exact) mass is 243 g/mol. The molecule has 3 rings (SSSR count). The molecular formula is C12H10FN5. The Kier molecular flexibility index (Phi) is 2.47. The van der Waals surface area contributed by atoms with Gasteiger partial charge in [-0.1, -0.05) is 0 Å². The van der Waals surface area contributed by atoms with Gasteiger partial charge in [0.05, 0.1) is 11.9 Å². The summed E-state index contributed by atoms with van der Waals surface area (Å²) < 4.78 is 14.8. The Hall–Kier alpha value is -2.37. The summed E-state index contributed by atoms with van der Waals surface area (Å²) in [6.45, 7) is 2.25. The van der Waals surface area contributed by atoms with Crippen LogP contribution >= 0.6 is 0 Å². The largest absolute Gasteiger partial charge is 0.239 e. The van der Waals surface area contributed by atoms with E-state index in [0.717, 1.165) is 5.69 Å². The maximum Gasteiger partial charge on any atom is 0.158 e. The SMILES string of the molecule is Cc1nn(Cc2ncccn2)c2ncc(F)cc12. The molecule has 0 aliphatic carbocycles. The highest BCUT2D eigenvalue weighted by Gasteiger charge is 2.10. The number of hydrogen-bond donors (Lipinski definition) is 0. The maximum absolute atomic E-state index is 13.1. The van der Waals surface area contributed by atoms with Crippen LogP contribution in [0, 0.1) is 12.7 Å². The van der Waals surface area contributed by atoms with Crippen LogP contribution in [-0.2, 0) is 6.54 Å². The lowest BCUT2D eigenvalue weighted by molar-refractivity contribution is 0.622. The average molecular weight is 243 g/mol. The molecule has 6 heteroatoms. The maximum atomic E-state index is 13.1. The van der Waals surface area contributed by atoms with Crippen LogP contribution in [0.25, 0.3) is 11.0 Å². The molecule has 3 aromatic heterocycles. The van der Waals surface area contributed by atoms with Crippen molar-refractivity contribution < 1.29 is 4.39 Å². The highest BCUT2D eigenvalue weighted by molar-refractivity contribution is 5.77. The summed E-state index contributed by atoms with van der Waals surface area (Å²) in [5.74, 6) is 0.286.